The Morgan fingerprint density at radius 3 is 2.64 bits per heavy atom. The molecule has 0 heterocycles. The Balaban J connectivity index is 1.92. The zero-order valence-electron chi connectivity index (χ0n) is 6.75. The minimum Gasteiger partial charge on any atom is -0.370 e. The lowest BCUT2D eigenvalue weighted by Gasteiger charge is -2.19. The Bertz CT molecular complexity index is 178. The summed E-state index contributed by atoms with van der Waals surface area (Å²) in [4.78, 5) is 10.7. The average molecular weight is 153 g/mol. The van der Waals surface area contributed by atoms with E-state index in [1.165, 1.54) is 25.7 Å². The first-order valence-electron chi connectivity index (χ1n) is 4.54. The third-order valence-electron chi connectivity index (χ3n) is 3.35. The Hall–Kier alpha value is -0.530. The van der Waals surface area contributed by atoms with Gasteiger partial charge < -0.3 is 5.73 Å². The van der Waals surface area contributed by atoms with Crippen molar-refractivity contribution >= 4 is 5.91 Å². The Labute approximate surface area is 67.1 Å². The second-order valence-electron chi connectivity index (χ2n) is 4.11. The molecule has 0 aromatic rings. The molecular formula is C9H15NO. The predicted octanol–water partition coefficient (Wildman–Crippen LogP) is 1.30. The maximum Gasteiger partial charge on any atom is 0.217 e. The molecule has 3 atom stereocenters. The second kappa shape index (κ2) is 2.50. The number of amides is 1. The standard InChI is InChI=1S/C9H15NO/c10-9(11)5-8-4-6-1-2-7(8)3-6/h6-8H,1-5H2,(H2,10,11). The van der Waals surface area contributed by atoms with Crippen LogP contribution in [0, 0.1) is 17.8 Å². The molecule has 2 aliphatic carbocycles. The summed E-state index contributed by atoms with van der Waals surface area (Å²) in [6.07, 6.45) is 6.04. The van der Waals surface area contributed by atoms with Gasteiger partial charge in [-0.3, -0.25) is 4.79 Å². The van der Waals surface area contributed by atoms with Crippen molar-refractivity contribution in [2.75, 3.05) is 0 Å². The van der Waals surface area contributed by atoms with Crippen molar-refractivity contribution < 1.29 is 4.79 Å². The molecule has 0 radical (unpaired) electrons. The predicted molar refractivity (Wildman–Crippen MR) is 42.7 cm³/mol. The zero-order valence-corrected chi connectivity index (χ0v) is 6.75. The number of fused-ring (bicyclic) bond motifs is 2. The van der Waals surface area contributed by atoms with E-state index in [1.807, 2.05) is 0 Å². The lowest BCUT2D eigenvalue weighted by Crippen LogP contribution is -2.20. The maximum atomic E-state index is 10.7. The molecule has 2 rings (SSSR count). The molecule has 2 aliphatic rings. The molecule has 2 nitrogen and oxygen atoms in total. The van der Waals surface area contributed by atoms with Crippen LogP contribution in [0.15, 0.2) is 0 Å². The van der Waals surface area contributed by atoms with Crippen LogP contribution in [0.3, 0.4) is 0 Å². The van der Waals surface area contributed by atoms with Crippen molar-refractivity contribution in [1.82, 2.24) is 0 Å². The zero-order chi connectivity index (χ0) is 7.84. The van der Waals surface area contributed by atoms with Crippen molar-refractivity contribution in [3.05, 3.63) is 0 Å². The largest absolute Gasteiger partial charge is 0.370 e. The highest BCUT2D eigenvalue weighted by Crippen LogP contribution is 2.49. The van der Waals surface area contributed by atoms with Crippen LogP contribution in [-0.2, 0) is 4.79 Å². The molecule has 2 bridgehead atoms. The van der Waals surface area contributed by atoms with Gasteiger partial charge in [0, 0.05) is 6.42 Å². The Morgan fingerprint density at radius 1 is 1.36 bits per heavy atom. The molecule has 2 heteroatoms. The van der Waals surface area contributed by atoms with E-state index in [0.29, 0.717) is 12.3 Å². The third kappa shape index (κ3) is 1.26. The Morgan fingerprint density at radius 2 is 2.18 bits per heavy atom. The average Bonchev–Trinajstić information content (AvgIpc) is 2.45. The summed E-state index contributed by atoms with van der Waals surface area (Å²) in [5.74, 6) is 2.31. The van der Waals surface area contributed by atoms with Crippen LogP contribution in [0.5, 0.6) is 0 Å². The van der Waals surface area contributed by atoms with Crippen LogP contribution in [0.2, 0.25) is 0 Å². The summed E-state index contributed by atoms with van der Waals surface area (Å²) < 4.78 is 0. The van der Waals surface area contributed by atoms with Gasteiger partial charge in [-0.05, 0) is 37.0 Å². The van der Waals surface area contributed by atoms with Crippen LogP contribution < -0.4 is 5.73 Å². The van der Waals surface area contributed by atoms with Crippen LogP contribution in [0.4, 0.5) is 0 Å². The first kappa shape index (κ1) is 7.14. The van der Waals surface area contributed by atoms with E-state index in [4.69, 9.17) is 5.73 Å². The fourth-order valence-electron chi connectivity index (χ4n) is 2.88. The van der Waals surface area contributed by atoms with Crippen LogP contribution in [0.1, 0.15) is 32.1 Å². The molecular weight excluding hydrogens is 138 g/mol. The lowest BCUT2D eigenvalue weighted by molar-refractivity contribution is -0.119. The molecule has 1 amide bonds. The molecule has 2 saturated carbocycles. The smallest absolute Gasteiger partial charge is 0.217 e. The van der Waals surface area contributed by atoms with Crippen molar-refractivity contribution in [2.45, 2.75) is 32.1 Å². The van der Waals surface area contributed by atoms with E-state index in [1.54, 1.807) is 0 Å². The quantitative estimate of drug-likeness (QED) is 0.638. The monoisotopic (exact) mass is 153 g/mol. The molecule has 11 heavy (non-hydrogen) atoms. The van der Waals surface area contributed by atoms with Gasteiger partial charge in [-0.15, -0.1) is 0 Å². The van der Waals surface area contributed by atoms with Crippen molar-refractivity contribution in [3.63, 3.8) is 0 Å². The maximum absolute atomic E-state index is 10.7. The van der Waals surface area contributed by atoms with E-state index < -0.39 is 0 Å². The molecule has 3 unspecified atom stereocenters. The number of rotatable bonds is 2. The van der Waals surface area contributed by atoms with Crippen molar-refractivity contribution in [1.29, 1.82) is 0 Å². The molecule has 2 N–H and O–H groups in total. The lowest BCUT2D eigenvalue weighted by atomic mass is 9.86. The van der Waals surface area contributed by atoms with Gasteiger partial charge in [-0.1, -0.05) is 6.42 Å². The number of carbonyl (C=O) groups is 1. The SMILES string of the molecule is NC(=O)CC1CC2CCC1C2. The number of carbonyl (C=O) groups excluding carboxylic acids is 1. The minimum atomic E-state index is -0.109. The molecule has 0 spiro atoms. The molecule has 62 valence electrons. The first-order chi connectivity index (χ1) is 5.25. The highest BCUT2D eigenvalue weighted by Gasteiger charge is 2.39. The first-order valence-corrected chi connectivity index (χ1v) is 4.54. The number of hydrogen-bond acceptors (Lipinski definition) is 1. The summed E-state index contributed by atoms with van der Waals surface area (Å²) in [7, 11) is 0. The van der Waals surface area contributed by atoms with Crippen molar-refractivity contribution in [2.24, 2.45) is 23.5 Å². The molecule has 2 fully saturated rings. The number of primary amides is 1. The van der Waals surface area contributed by atoms with Crippen LogP contribution in [0.25, 0.3) is 0 Å². The topological polar surface area (TPSA) is 43.1 Å². The highest BCUT2D eigenvalue weighted by atomic mass is 16.1. The van der Waals surface area contributed by atoms with E-state index in [9.17, 15) is 4.79 Å². The van der Waals surface area contributed by atoms with Gasteiger partial charge in [-0.2, -0.15) is 0 Å². The van der Waals surface area contributed by atoms with Gasteiger partial charge in [0.15, 0.2) is 0 Å². The van der Waals surface area contributed by atoms with Gasteiger partial charge >= 0.3 is 0 Å². The third-order valence-corrected chi connectivity index (χ3v) is 3.35. The second-order valence-corrected chi connectivity index (χ2v) is 4.11. The number of hydrogen-bond donors (Lipinski definition) is 1. The van der Waals surface area contributed by atoms with Gasteiger partial charge in [0.2, 0.25) is 5.91 Å². The van der Waals surface area contributed by atoms with E-state index in [-0.39, 0.29) is 5.91 Å². The fourth-order valence-corrected chi connectivity index (χ4v) is 2.88. The molecule has 0 aromatic heterocycles. The van der Waals surface area contributed by atoms with Crippen LogP contribution in [-0.4, -0.2) is 5.91 Å². The van der Waals surface area contributed by atoms with E-state index in [0.717, 1.165) is 11.8 Å². The van der Waals surface area contributed by atoms with Gasteiger partial charge in [-0.25, -0.2) is 0 Å². The van der Waals surface area contributed by atoms with Crippen molar-refractivity contribution in [3.8, 4) is 0 Å². The summed E-state index contributed by atoms with van der Waals surface area (Å²) >= 11 is 0. The summed E-state index contributed by atoms with van der Waals surface area (Å²) in [6, 6.07) is 0. The molecule has 0 saturated heterocycles. The number of nitrogens with two attached hydrogens (primary N) is 1. The van der Waals surface area contributed by atoms with E-state index in [2.05, 4.69) is 0 Å². The summed E-state index contributed by atoms with van der Waals surface area (Å²) in [5.41, 5.74) is 5.17. The molecule has 0 aromatic carbocycles. The molecule has 0 aliphatic heterocycles. The summed E-state index contributed by atoms with van der Waals surface area (Å²) in [6.45, 7) is 0. The summed E-state index contributed by atoms with van der Waals surface area (Å²) in [5, 5.41) is 0. The fraction of sp³-hybridized carbons (Fsp3) is 0.889. The van der Waals surface area contributed by atoms with Gasteiger partial charge in [0.05, 0.1) is 0 Å². The minimum absolute atomic E-state index is 0.109. The Kier molecular flexibility index (Phi) is 1.63. The highest BCUT2D eigenvalue weighted by molar-refractivity contribution is 5.74. The normalized spacial score (nSPS) is 41.3. The van der Waals surface area contributed by atoms with Gasteiger partial charge in [0.25, 0.3) is 0 Å². The van der Waals surface area contributed by atoms with E-state index >= 15 is 0 Å². The van der Waals surface area contributed by atoms with Crippen LogP contribution >= 0.6 is 0 Å². The van der Waals surface area contributed by atoms with Gasteiger partial charge in [0.1, 0.15) is 0 Å².